The Morgan fingerprint density at radius 2 is 2.19 bits per heavy atom. The molecule has 0 saturated carbocycles. The lowest BCUT2D eigenvalue weighted by atomic mass is 9.91. The number of nitrogens with two attached hydrogens (primary N) is 1. The van der Waals surface area contributed by atoms with Gasteiger partial charge in [-0.2, -0.15) is 0 Å². The molecule has 3 N–H and O–H groups in total. The molecule has 0 aromatic heterocycles. The first-order chi connectivity index (χ1) is 9.61. The van der Waals surface area contributed by atoms with Gasteiger partial charge in [-0.3, -0.25) is 9.69 Å². The molecule has 1 aliphatic heterocycles. The van der Waals surface area contributed by atoms with E-state index >= 15 is 0 Å². The lowest BCUT2D eigenvalue weighted by molar-refractivity contribution is -0.118. The molecule has 1 saturated heterocycles. The molecule has 2 unspecified atom stereocenters. The van der Waals surface area contributed by atoms with Gasteiger partial charge >= 0.3 is 0 Å². The molecule has 1 aromatic carbocycles. The van der Waals surface area contributed by atoms with Crippen molar-refractivity contribution in [3.8, 4) is 0 Å². The number of carbonyl (C=O) groups excluding carboxylic acids is 1. The predicted octanol–water partition coefficient (Wildman–Crippen LogP) is 2.71. The number of amides is 1. The fraction of sp³-hybridized carbons (Fsp3) is 0.533. The van der Waals surface area contributed by atoms with Crippen molar-refractivity contribution in [1.29, 1.82) is 0 Å². The number of likely N-dealkylation sites (tertiary alicyclic amines) is 1. The number of hydrogen-bond donors (Lipinski definition) is 2. The molecule has 0 radical (unpaired) electrons. The van der Waals surface area contributed by atoms with Crippen LogP contribution in [0.1, 0.15) is 19.8 Å². The van der Waals surface area contributed by atoms with Gasteiger partial charge in [-0.15, -0.1) is 12.4 Å². The van der Waals surface area contributed by atoms with Crippen LogP contribution in [0.5, 0.6) is 0 Å². The van der Waals surface area contributed by atoms with Gasteiger partial charge in [0.1, 0.15) is 0 Å². The molecule has 1 amide bonds. The van der Waals surface area contributed by atoms with Crippen LogP contribution in [0.4, 0.5) is 5.69 Å². The molecule has 2 atom stereocenters. The van der Waals surface area contributed by atoms with Gasteiger partial charge < -0.3 is 11.1 Å². The Morgan fingerprint density at radius 1 is 1.48 bits per heavy atom. The van der Waals surface area contributed by atoms with Crippen LogP contribution in [0, 0.1) is 9.49 Å². The molecule has 21 heavy (non-hydrogen) atoms. The van der Waals surface area contributed by atoms with Crippen molar-refractivity contribution in [2.75, 3.05) is 25.0 Å². The minimum absolute atomic E-state index is 0. The highest BCUT2D eigenvalue weighted by atomic mass is 127. The van der Waals surface area contributed by atoms with E-state index in [0.29, 0.717) is 25.0 Å². The Morgan fingerprint density at radius 3 is 2.86 bits per heavy atom. The van der Waals surface area contributed by atoms with Crippen molar-refractivity contribution in [3.05, 3.63) is 27.8 Å². The molecule has 0 bridgehead atoms. The lowest BCUT2D eigenvalue weighted by Crippen LogP contribution is -2.51. The topological polar surface area (TPSA) is 58.4 Å². The van der Waals surface area contributed by atoms with E-state index in [4.69, 9.17) is 5.73 Å². The summed E-state index contributed by atoms with van der Waals surface area (Å²) in [5.41, 5.74) is 6.74. The first-order valence-corrected chi connectivity index (χ1v) is 8.18. The van der Waals surface area contributed by atoms with E-state index in [1.807, 2.05) is 24.3 Å². The van der Waals surface area contributed by atoms with Crippen LogP contribution >= 0.6 is 35.0 Å². The van der Waals surface area contributed by atoms with Crippen LogP contribution in [0.25, 0.3) is 0 Å². The van der Waals surface area contributed by atoms with Gasteiger partial charge in [0.15, 0.2) is 0 Å². The molecule has 1 heterocycles. The molecule has 4 nitrogen and oxygen atoms in total. The number of piperidine rings is 1. The number of anilines is 1. The molecule has 1 aliphatic rings. The second-order valence-corrected chi connectivity index (χ2v) is 6.58. The van der Waals surface area contributed by atoms with Crippen molar-refractivity contribution in [3.63, 3.8) is 0 Å². The van der Waals surface area contributed by atoms with Gasteiger partial charge in [0, 0.05) is 16.2 Å². The van der Waals surface area contributed by atoms with Crippen LogP contribution in [0.2, 0.25) is 0 Å². The van der Waals surface area contributed by atoms with Gasteiger partial charge in [0.2, 0.25) is 5.91 Å². The monoisotopic (exact) mass is 423 g/mol. The second-order valence-electron chi connectivity index (χ2n) is 5.42. The van der Waals surface area contributed by atoms with Gasteiger partial charge in [0.05, 0.1) is 12.2 Å². The highest BCUT2D eigenvalue weighted by Crippen LogP contribution is 2.22. The van der Waals surface area contributed by atoms with E-state index in [0.717, 1.165) is 22.2 Å². The van der Waals surface area contributed by atoms with Crippen molar-refractivity contribution in [2.45, 2.75) is 25.8 Å². The molecule has 118 valence electrons. The Balaban J connectivity index is 0.00000220. The number of benzene rings is 1. The maximum Gasteiger partial charge on any atom is 0.238 e. The third-order valence-electron chi connectivity index (χ3n) is 3.97. The quantitative estimate of drug-likeness (QED) is 0.732. The van der Waals surface area contributed by atoms with E-state index in [1.165, 1.54) is 6.42 Å². The molecule has 0 aliphatic carbocycles. The summed E-state index contributed by atoms with van der Waals surface area (Å²) in [6, 6.07) is 8.14. The predicted molar refractivity (Wildman–Crippen MR) is 97.9 cm³/mol. The fourth-order valence-corrected chi connectivity index (χ4v) is 3.37. The van der Waals surface area contributed by atoms with Crippen LogP contribution in [0.15, 0.2) is 24.3 Å². The molecule has 2 rings (SSSR count). The molecular weight excluding hydrogens is 401 g/mol. The fourth-order valence-electron chi connectivity index (χ4n) is 2.85. The van der Waals surface area contributed by atoms with Crippen LogP contribution in [-0.4, -0.2) is 36.5 Å². The number of carbonyl (C=O) groups is 1. The molecule has 1 aromatic rings. The van der Waals surface area contributed by atoms with Gasteiger partial charge in [-0.05, 0) is 60.0 Å². The second kappa shape index (κ2) is 8.92. The summed E-state index contributed by atoms with van der Waals surface area (Å²) in [7, 11) is 0. The number of nitrogens with one attached hydrogen (secondary N) is 1. The minimum atomic E-state index is 0. The molecule has 6 heteroatoms. The van der Waals surface area contributed by atoms with Gasteiger partial charge in [-0.1, -0.05) is 19.1 Å². The lowest BCUT2D eigenvalue weighted by Gasteiger charge is -2.38. The number of para-hydroxylation sites is 1. The highest BCUT2D eigenvalue weighted by Gasteiger charge is 2.28. The maximum absolute atomic E-state index is 12.2. The third-order valence-corrected chi connectivity index (χ3v) is 4.91. The zero-order chi connectivity index (χ0) is 14.5. The Hall–Kier alpha value is -0.370. The SMILES string of the molecule is CC1CCCN(CC(=O)Nc2ccccc2I)C1CN.Cl. The number of halogens is 2. The third kappa shape index (κ3) is 5.09. The normalized spacial score (nSPS) is 22.4. The zero-order valence-electron chi connectivity index (χ0n) is 12.2. The Labute approximate surface area is 146 Å². The summed E-state index contributed by atoms with van der Waals surface area (Å²) in [5.74, 6) is 0.611. The summed E-state index contributed by atoms with van der Waals surface area (Å²) in [6.07, 6.45) is 2.35. The first-order valence-electron chi connectivity index (χ1n) is 7.10. The number of hydrogen-bond acceptors (Lipinski definition) is 3. The van der Waals surface area contributed by atoms with Crippen LogP contribution in [-0.2, 0) is 4.79 Å². The van der Waals surface area contributed by atoms with Crippen molar-refractivity contribution in [2.24, 2.45) is 11.7 Å². The van der Waals surface area contributed by atoms with E-state index in [9.17, 15) is 4.79 Å². The van der Waals surface area contributed by atoms with E-state index in [-0.39, 0.29) is 18.3 Å². The summed E-state index contributed by atoms with van der Waals surface area (Å²) in [6.45, 7) is 4.24. The summed E-state index contributed by atoms with van der Waals surface area (Å²) >= 11 is 2.23. The van der Waals surface area contributed by atoms with Crippen LogP contribution in [0.3, 0.4) is 0 Å². The van der Waals surface area contributed by atoms with Gasteiger partial charge in [0.25, 0.3) is 0 Å². The van der Waals surface area contributed by atoms with Crippen molar-refractivity contribution >= 4 is 46.6 Å². The average molecular weight is 424 g/mol. The number of rotatable bonds is 4. The minimum Gasteiger partial charge on any atom is -0.329 e. The average Bonchev–Trinajstić information content (AvgIpc) is 2.42. The van der Waals surface area contributed by atoms with E-state index < -0.39 is 0 Å². The summed E-state index contributed by atoms with van der Waals surface area (Å²) in [5, 5.41) is 2.99. The maximum atomic E-state index is 12.2. The Kier molecular flexibility index (Phi) is 7.94. The van der Waals surface area contributed by atoms with Crippen molar-refractivity contribution < 1.29 is 4.79 Å². The molecular formula is C15H23ClIN3O. The molecule has 1 fully saturated rings. The van der Waals surface area contributed by atoms with E-state index in [2.05, 4.69) is 39.7 Å². The highest BCUT2D eigenvalue weighted by molar-refractivity contribution is 14.1. The van der Waals surface area contributed by atoms with Crippen LogP contribution < -0.4 is 11.1 Å². The Bertz CT molecular complexity index is 472. The zero-order valence-corrected chi connectivity index (χ0v) is 15.2. The van der Waals surface area contributed by atoms with Gasteiger partial charge in [-0.25, -0.2) is 0 Å². The largest absolute Gasteiger partial charge is 0.329 e. The number of nitrogens with zero attached hydrogens (tertiary/aromatic N) is 1. The summed E-state index contributed by atoms with van der Waals surface area (Å²) < 4.78 is 1.06. The standard InChI is InChI=1S/C15H22IN3O.ClH/c1-11-5-4-8-19(14(11)9-17)10-15(20)18-13-7-3-2-6-12(13)16;/h2-3,6-7,11,14H,4-5,8-10,17H2,1H3,(H,18,20);1H. The summed E-state index contributed by atoms with van der Waals surface area (Å²) in [4.78, 5) is 14.4. The first kappa shape index (κ1) is 18.7. The molecule has 0 spiro atoms. The smallest absolute Gasteiger partial charge is 0.238 e. The van der Waals surface area contributed by atoms with E-state index in [1.54, 1.807) is 0 Å². The van der Waals surface area contributed by atoms with Crippen molar-refractivity contribution in [1.82, 2.24) is 4.90 Å².